The van der Waals surface area contributed by atoms with Crippen LogP contribution in [0, 0.1) is 5.92 Å². The van der Waals surface area contributed by atoms with Crippen molar-refractivity contribution >= 4 is 27.3 Å². The number of nitrogens with one attached hydrogen (secondary N) is 1. The van der Waals surface area contributed by atoms with Gasteiger partial charge in [0.2, 0.25) is 11.8 Å². The first-order valence-corrected chi connectivity index (χ1v) is 9.65. The number of hydrogen-bond acceptors (Lipinski definition) is 5. The smallest absolute Gasteiger partial charge is 0.229 e. The number of carbonyl (C=O) groups is 2. The summed E-state index contributed by atoms with van der Waals surface area (Å²) in [4.78, 5) is 26.1. The molecule has 0 spiro atoms. The van der Waals surface area contributed by atoms with E-state index >= 15 is 0 Å². The van der Waals surface area contributed by atoms with Gasteiger partial charge in [0, 0.05) is 24.7 Å². The van der Waals surface area contributed by atoms with E-state index in [0.29, 0.717) is 17.9 Å². The van der Waals surface area contributed by atoms with Gasteiger partial charge in [-0.15, -0.1) is 0 Å². The highest BCUT2D eigenvalue weighted by molar-refractivity contribution is 7.91. The minimum absolute atomic E-state index is 0.00551. The van der Waals surface area contributed by atoms with Gasteiger partial charge < -0.3 is 15.0 Å². The zero-order chi connectivity index (χ0) is 17.3. The van der Waals surface area contributed by atoms with Crippen molar-refractivity contribution in [2.24, 2.45) is 5.92 Å². The largest absolute Gasteiger partial charge is 0.497 e. The fraction of sp³-hybridized carbons (Fsp3) is 0.500. The third-order valence-electron chi connectivity index (χ3n) is 4.54. The topological polar surface area (TPSA) is 92.8 Å². The van der Waals surface area contributed by atoms with Gasteiger partial charge in [-0.3, -0.25) is 9.59 Å². The Morgan fingerprint density at radius 1 is 1.29 bits per heavy atom. The van der Waals surface area contributed by atoms with Crippen LogP contribution in [0.3, 0.4) is 0 Å². The summed E-state index contributed by atoms with van der Waals surface area (Å²) in [6, 6.07) is 6.65. The van der Waals surface area contributed by atoms with Crippen molar-refractivity contribution < 1.29 is 22.7 Å². The number of benzene rings is 1. The summed E-state index contributed by atoms with van der Waals surface area (Å²) in [6.07, 6.45) is 0.583. The molecule has 2 unspecified atom stereocenters. The van der Waals surface area contributed by atoms with Crippen LogP contribution in [-0.2, 0) is 19.4 Å². The molecule has 2 saturated heterocycles. The Morgan fingerprint density at radius 2 is 2.00 bits per heavy atom. The van der Waals surface area contributed by atoms with Crippen molar-refractivity contribution in [3.8, 4) is 5.75 Å². The molecule has 2 atom stereocenters. The third kappa shape index (κ3) is 3.53. The highest BCUT2D eigenvalue weighted by Crippen LogP contribution is 2.27. The molecule has 24 heavy (non-hydrogen) atoms. The van der Waals surface area contributed by atoms with Gasteiger partial charge in [0.25, 0.3) is 0 Å². The van der Waals surface area contributed by atoms with Crippen LogP contribution in [0.1, 0.15) is 12.8 Å². The molecule has 2 aliphatic rings. The van der Waals surface area contributed by atoms with Crippen molar-refractivity contribution in [1.29, 1.82) is 0 Å². The highest BCUT2D eigenvalue weighted by atomic mass is 32.2. The van der Waals surface area contributed by atoms with E-state index in [0.717, 1.165) is 0 Å². The van der Waals surface area contributed by atoms with Crippen LogP contribution < -0.4 is 10.1 Å². The summed E-state index contributed by atoms with van der Waals surface area (Å²) < 4.78 is 28.2. The maximum Gasteiger partial charge on any atom is 0.229 e. The van der Waals surface area contributed by atoms with Crippen molar-refractivity contribution in [1.82, 2.24) is 4.90 Å². The molecule has 0 aliphatic carbocycles. The lowest BCUT2D eigenvalue weighted by Crippen LogP contribution is -2.38. The summed E-state index contributed by atoms with van der Waals surface area (Å²) in [5.74, 6) is -0.0140. The predicted molar refractivity (Wildman–Crippen MR) is 88.5 cm³/mol. The first-order chi connectivity index (χ1) is 11.4. The monoisotopic (exact) mass is 352 g/mol. The van der Waals surface area contributed by atoms with E-state index < -0.39 is 15.8 Å². The molecule has 2 heterocycles. The van der Waals surface area contributed by atoms with Crippen LogP contribution in [0.2, 0.25) is 0 Å². The van der Waals surface area contributed by atoms with Crippen molar-refractivity contribution in [3.05, 3.63) is 24.3 Å². The van der Waals surface area contributed by atoms with E-state index in [2.05, 4.69) is 5.32 Å². The number of hydrogen-bond donors (Lipinski definition) is 1. The van der Waals surface area contributed by atoms with E-state index in [4.69, 9.17) is 4.74 Å². The number of methoxy groups -OCH3 is 1. The van der Waals surface area contributed by atoms with Crippen LogP contribution in [0.4, 0.5) is 5.69 Å². The minimum Gasteiger partial charge on any atom is -0.497 e. The molecular weight excluding hydrogens is 332 g/mol. The molecule has 1 aromatic rings. The van der Waals surface area contributed by atoms with Gasteiger partial charge >= 0.3 is 0 Å². The second-order valence-electron chi connectivity index (χ2n) is 6.22. The second kappa shape index (κ2) is 6.43. The maximum atomic E-state index is 12.4. The Hall–Kier alpha value is -2.09. The fourth-order valence-corrected chi connectivity index (χ4v) is 4.93. The van der Waals surface area contributed by atoms with E-state index in [1.54, 1.807) is 36.3 Å². The Kier molecular flexibility index (Phi) is 4.49. The molecule has 2 amide bonds. The summed E-state index contributed by atoms with van der Waals surface area (Å²) in [6.45, 7) is 0.279. The van der Waals surface area contributed by atoms with Gasteiger partial charge in [0.05, 0.1) is 24.5 Å². The molecule has 3 rings (SSSR count). The standard InChI is InChI=1S/C16H20N2O5S/c1-23-14-4-2-12(3-5-14)17-16(20)11-8-15(19)18(9-11)13-6-7-24(21,22)10-13/h2-5,11,13H,6-10H2,1H3,(H,17,20). The van der Waals surface area contributed by atoms with Crippen molar-refractivity contribution in [3.63, 3.8) is 0 Å². The second-order valence-corrected chi connectivity index (χ2v) is 8.45. The molecule has 130 valence electrons. The third-order valence-corrected chi connectivity index (χ3v) is 6.29. The van der Waals surface area contributed by atoms with Gasteiger partial charge in [0.15, 0.2) is 9.84 Å². The lowest BCUT2D eigenvalue weighted by atomic mass is 10.1. The van der Waals surface area contributed by atoms with Gasteiger partial charge in [-0.25, -0.2) is 8.42 Å². The molecule has 0 radical (unpaired) electrons. The zero-order valence-corrected chi connectivity index (χ0v) is 14.2. The highest BCUT2D eigenvalue weighted by Gasteiger charge is 2.41. The number of amides is 2. The Bertz CT molecular complexity index is 744. The summed E-state index contributed by atoms with van der Waals surface area (Å²) in [7, 11) is -1.49. The maximum absolute atomic E-state index is 12.4. The Labute approximate surface area is 140 Å². The molecule has 1 N–H and O–H groups in total. The zero-order valence-electron chi connectivity index (χ0n) is 13.4. The summed E-state index contributed by atoms with van der Waals surface area (Å²) >= 11 is 0. The average Bonchev–Trinajstić information content (AvgIpc) is 3.10. The van der Waals surface area contributed by atoms with E-state index in [1.807, 2.05) is 0 Å². The Morgan fingerprint density at radius 3 is 2.58 bits per heavy atom. The number of rotatable bonds is 4. The molecular formula is C16H20N2O5S. The number of anilines is 1. The van der Waals surface area contributed by atoms with Crippen LogP contribution in [0.5, 0.6) is 5.75 Å². The SMILES string of the molecule is COc1ccc(NC(=O)C2CC(=O)N(C3CCS(=O)(=O)C3)C2)cc1. The molecule has 0 aromatic heterocycles. The van der Waals surface area contributed by atoms with E-state index in [9.17, 15) is 18.0 Å². The molecule has 7 nitrogen and oxygen atoms in total. The number of nitrogens with zero attached hydrogens (tertiary/aromatic N) is 1. The molecule has 8 heteroatoms. The van der Waals surface area contributed by atoms with Gasteiger partial charge in [0.1, 0.15) is 5.75 Å². The fourth-order valence-electron chi connectivity index (χ4n) is 3.20. The number of sulfone groups is 1. The number of ether oxygens (including phenoxy) is 1. The lowest BCUT2D eigenvalue weighted by molar-refractivity contribution is -0.129. The number of carbonyl (C=O) groups excluding carboxylic acids is 2. The molecule has 1 aromatic carbocycles. The van der Waals surface area contributed by atoms with Crippen LogP contribution >= 0.6 is 0 Å². The van der Waals surface area contributed by atoms with Crippen LogP contribution in [0.25, 0.3) is 0 Å². The quantitative estimate of drug-likeness (QED) is 0.860. The van der Waals surface area contributed by atoms with E-state index in [1.165, 1.54) is 0 Å². The Balaban J connectivity index is 1.61. The van der Waals surface area contributed by atoms with E-state index in [-0.39, 0.29) is 42.3 Å². The molecule has 0 saturated carbocycles. The van der Waals surface area contributed by atoms with Gasteiger partial charge in [-0.1, -0.05) is 0 Å². The number of likely N-dealkylation sites (tertiary alicyclic amines) is 1. The molecule has 0 bridgehead atoms. The van der Waals surface area contributed by atoms with Crippen LogP contribution in [-0.4, -0.2) is 56.3 Å². The van der Waals surface area contributed by atoms with Crippen molar-refractivity contribution in [2.45, 2.75) is 18.9 Å². The normalized spacial score (nSPS) is 25.7. The molecule has 2 aliphatic heterocycles. The van der Waals surface area contributed by atoms with Gasteiger partial charge in [-0.2, -0.15) is 0 Å². The predicted octanol–water partition coefficient (Wildman–Crippen LogP) is 0.669. The first-order valence-electron chi connectivity index (χ1n) is 7.83. The first kappa shape index (κ1) is 16.8. The average molecular weight is 352 g/mol. The van der Waals surface area contributed by atoms with Crippen molar-refractivity contribution in [2.75, 3.05) is 30.5 Å². The molecule has 2 fully saturated rings. The lowest BCUT2D eigenvalue weighted by Gasteiger charge is -2.22. The van der Waals surface area contributed by atoms with Crippen LogP contribution in [0.15, 0.2) is 24.3 Å². The minimum atomic E-state index is -3.06. The van der Waals surface area contributed by atoms with Gasteiger partial charge in [-0.05, 0) is 30.7 Å². The summed E-state index contributed by atoms with van der Waals surface area (Å²) in [5, 5.41) is 2.79. The summed E-state index contributed by atoms with van der Waals surface area (Å²) in [5.41, 5.74) is 0.634.